The maximum absolute atomic E-state index is 13.0. The first kappa shape index (κ1) is 21.3. The molecule has 2 heterocycles. The topological polar surface area (TPSA) is 96.0 Å². The number of hydrogen-bond donors (Lipinski definition) is 1. The molecular weight excluding hydrogens is 442 g/mol. The van der Waals surface area contributed by atoms with Crippen LogP contribution in [-0.2, 0) is 24.7 Å². The van der Waals surface area contributed by atoms with E-state index >= 15 is 0 Å². The van der Waals surface area contributed by atoms with Crippen LogP contribution in [0.2, 0.25) is 0 Å². The Morgan fingerprint density at radius 2 is 2.03 bits per heavy atom. The molecule has 0 bridgehead atoms. The first-order valence-electron chi connectivity index (χ1n) is 9.61. The van der Waals surface area contributed by atoms with Gasteiger partial charge in [0, 0.05) is 23.1 Å². The summed E-state index contributed by atoms with van der Waals surface area (Å²) in [5, 5.41) is 2.70. The molecule has 2 aliphatic heterocycles. The van der Waals surface area contributed by atoms with Crippen LogP contribution < -0.4 is 5.32 Å². The molecular formula is C20H24BrN3O5. The molecule has 2 saturated heterocycles. The molecule has 4 amide bonds. The molecule has 3 rings (SSSR count). The molecule has 2 unspecified atom stereocenters. The third-order valence-corrected chi connectivity index (χ3v) is 6.07. The van der Waals surface area contributed by atoms with Crippen LogP contribution >= 0.6 is 15.9 Å². The Morgan fingerprint density at radius 3 is 2.72 bits per heavy atom. The lowest BCUT2D eigenvalue weighted by molar-refractivity contribution is -0.152. The van der Waals surface area contributed by atoms with Gasteiger partial charge in [-0.25, -0.2) is 4.79 Å². The fourth-order valence-electron chi connectivity index (χ4n) is 3.78. The lowest BCUT2D eigenvalue weighted by Gasteiger charge is -2.32. The predicted molar refractivity (Wildman–Crippen MR) is 108 cm³/mol. The van der Waals surface area contributed by atoms with E-state index in [1.54, 1.807) is 32.0 Å². The smallest absolute Gasteiger partial charge is 0.325 e. The summed E-state index contributed by atoms with van der Waals surface area (Å²) in [6.45, 7) is 4.02. The number of carbonyl (C=O) groups is 4. The van der Waals surface area contributed by atoms with E-state index in [9.17, 15) is 19.2 Å². The second-order valence-corrected chi connectivity index (χ2v) is 8.21. The van der Waals surface area contributed by atoms with Crippen molar-refractivity contribution in [2.45, 2.75) is 32.2 Å². The summed E-state index contributed by atoms with van der Waals surface area (Å²) in [6, 6.07) is 6.53. The van der Waals surface area contributed by atoms with Crippen molar-refractivity contribution in [2.75, 3.05) is 26.2 Å². The van der Waals surface area contributed by atoms with Gasteiger partial charge in [0.25, 0.3) is 5.91 Å². The van der Waals surface area contributed by atoms with E-state index in [1.165, 1.54) is 4.90 Å². The van der Waals surface area contributed by atoms with Crippen molar-refractivity contribution in [1.82, 2.24) is 15.1 Å². The molecule has 1 N–H and O–H groups in total. The minimum atomic E-state index is -1.26. The molecule has 1 aromatic rings. The van der Waals surface area contributed by atoms with Gasteiger partial charge >= 0.3 is 12.0 Å². The minimum Gasteiger partial charge on any atom is -0.466 e. The van der Waals surface area contributed by atoms with Crippen LogP contribution in [0.1, 0.15) is 32.3 Å². The van der Waals surface area contributed by atoms with Crippen molar-refractivity contribution in [1.29, 1.82) is 0 Å². The van der Waals surface area contributed by atoms with E-state index in [1.807, 2.05) is 6.07 Å². The summed E-state index contributed by atoms with van der Waals surface area (Å²) in [6.07, 6.45) is 1.33. The maximum atomic E-state index is 13.0. The number of nitrogens with one attached hydrogen (secondary N) is 1. The number of carbonyl (C=O) groups excluding carboxylic acids is 4. The second kappa shape index (κ2) is 8.52. The standard InChI is InChI=1S/C20H24BrN3O5/c1-3-29-17(26)13-7-6-10-23(11-13)16(25)12-24-18(27)20(2,22-19(24)28)14-8-4-5-9-15(14)21/h4-5,8-9,13H,3,6-7,10-12H2,1-2H3,(H,22,28). The summed E-state index contributed by atoms with van der Waals surface area (Å²) in [4.78, 5) is 52.8. The third kappa shape index (κ3) is 4.14. The number of esters is 1. The van der Waals surface area contributed by atoms with Crippen LogP contribution in [0, 0.1) is 5.92 Å². The highest BCUT2D eigenvalue weighted by molar-refractivity contribution is 9.10. The van der Waals surface area contributed by atoms with Crippen LogP contribution in [0.4, 0.5) is 4.79 Å². The number of imide groups is 1. The van der Waals surface area contributed by atoms with E-state index in [2.05, 4.69) is 21.2 Å². The normalized spacial score (nSPS) is 24.4. The minimum absolute atomic E-state index is 0.239. The number of hydrogen-bond acceptors (Lipinski definition) is 5. The van der Waals surface area contributed by atoms with E-state index in [-0.39, 0.29) is 30.9 Å². The molecule has 1 aromatic carbocycles. The molecule has 29 heavy (non-hydrogen) atoms. The molecule has 9 heteroatoms. The predicted octanol–water partition coefficient (Wildman–Crippen LogP) is 2.02. The Morgan fingerprint density at radius 1 is 1.31 bits per heavy atom. The van der Waals surface area contributed by atoms with Crippen LogP contribution in [-0.4, -0.2) is 59.9 Å². The Labute approximate surface area is 177 Å². The lowest BCUT2D eigenvalue weighted by Crippen LogP contribution is -2.48. The number of amides is 4. The number of rotatable bonds is 5. The second-order valence-electron chi connectivity index (χ2n) is 7.36. The van der Waals surface area contributed by atoms with Crippen LogP contribution in [0.25, 0.3) is 0 Å². The number of urea groups is 1. The number of benzene rings is 1. The summed E-state index contributed by atoms with van der Waals surface area (Å²) >= 11 is 3.41. The largest absolute Gasteiger partial charge is 0.466 e. The first-order valence-corrected chi connectivity index (χ1v) is 10.4. The number of piperidine rings is 1. The molecule has 2 fully saturated rings. The van der Waals surface area contributed by atoms with Crippen LogP contribution in [0.5, 0.6) is 0 Å². The zero-order valence-corrected chi connectivity index (χ0v) is 18.0. The van der Waals surface area contributed by atoms with Crippen molar-refractivity contribution in [3.05, 3.63) is 34.3 Å². The van der Waals surface area contributed by atoms with Gasteiger partial charge in [-0.1, -0.05) is 34.1 Å². The maximum Gasteiger partial charge on any atom is 0.325 e. The van der Waals surface area contributed by atoms with Crippen molar-refractivity contribution in [3.8, 4) is 0 Å². The molecule has 156 valence electrons. The molecule has 0 saturated carbocycles. The summed E-state index contributed by atoms with van der Waals surface area (Å²) in [5.74, 6) is -1.54. The highest BCUT2D eigenvalue weighted by atomic mass is 79.9. The SMILES string of the molecule is CCOC(=O)C1CCCN(C(=O)CN2C(=O)NC(C)(c3ccccc3Br)C2=O)C1. The van der Waals surface area contributed by atoms with Gasteiger partial charge in [0.05, 0.1) is 12.5 Å². The van der Waals surface area contributed by atoms with Gasteiger partial charge in [0.2, 0.25) is 5.91 Å². The molecule has 0 aromatic heterocycles. The van der Waals surface area contributed by atoms with Gasteiger partial charge < -0.3 is 15.0 Å². The summed E-state index contributed by atoms with van der Waals surface area (Å²) in [7, 11) is 0. The summed E-state index contributed by atoms with van der Waals surface area (Å²) < 4.78 is 5.75. The van der Waals surface area contributed by atoms with Gasteiger partial charge in [-0.3, -0.25) is 19.3 Å². The molecule has 2 aliphatic rings. The Kier molecular flexibility index (Phi) is 6.26. The highest BCUT2D eigenvalue weighted by Gasteiger charge is 2.50. The Hall–Kier alpha value is -2.42. The monoisotopic (exact) mass is 465 g/mol. The fraction of sp³-hybridized carbons (Fsp3) is 0.500. The number of ether oxygens (including phenoxy) is 1. The molecule has 0 spiro atoms. The van der Waals surface area contributed by atoms with E-state index in [0.717, 1.165) is 4.90 Å². The van der Waals surface area contributed by atoms with E-state index in [4.69, 9.17) is 4.74 Å². The van der Waals surface area contributed by atoms with Gasteiger partial charge in [0.1, 0.15) is 12.1 Å². The average molecular weight is 466 g/mol. The Balaban J connectivity index is 1.71. The number of likely N-dealkylation sites (tertiary alicyclic amines) is 1. The lowest BCUT2D eigenvalue weighted by atomic mass is 9.92. The fourth-order valence-corrected chi connectivity index (χ4v) is 4.46. The first-order chi connectivity index (χ1) is 13.8. The molecule has 0 radical (unpaired) electrons. The average Bonchev–Trinajstić information content (AvgIpc) is 2.92. The zero-order chi connectivity index (χ0) is 21.2. The zero-order valence-electron chi connectivity index (χ0n) is 16.4. The van der Waals surface area contributed by atoms with E-state index < -0.39 is 17.5 Å². The van der Waals surface area contributed by atoms with Crippen LogP contribution in [0.15, 0.2) is 28.7 Å². The van der Waals surface area contributed by atoms with Gasteiger partial charge in [-0.2, -0.15) is 0 Å². The van der Waals surface area contributed by atoms with Crippen molar-refractivity contribution >= 4 is 39.7 Å². The van der Waals surface area contributed by atoms with E-state index in [0.29, 0.717) is 36.0 Å². The molecule has 0 aliphatic carbocycles. The molecule has 2 atom stereocenters. The van der Waals surface area contributed by atoms with Crippen LogP contribution in [0.3, 0.4) is 0 Å². The Bertz CT molecular complexity index is 845. The quantitative estimate of drug-likeness (QED) is 0.529. The highest BCUT2D eigenvalue weighted by Crippen LogP contribution is 2.33. The van der Waals surface area contributed by atoms with Crippen molar-refractivity contribution in [3.63, 3.8) is 0 Å². The van der Waals surface area contributed by atoms with Gasteiger partial charge in [-0.15, -0.1) is 0 Å². The number of halogens is 1. The summed E-state index contributed by atoms with van der Waals surface area (Å²) in [5.41, 5.74) is -0.638. The van der Waals surface area contributed by atoms with Gasteiger partial charge in [-0.05, 0) is 32.8 Å². The van der Waals surface area contributed by atoms with Gasteiger partial charge in [0.15, 0.2) is 0 Å². The third-order valence-electron chi connectivity index (χ3n) is 5.37. The molecule has 8 nitrogen and oxygen atoms in total. The number of nitrogens with zero attached hydrogens (tertiary/aromatic N) is 2. The van der Waals surface area contributed by atoms with Crippen molar-refractivity contribution in [2.24, 2.45) is 5.92 Å². The van der Waals surface area contributed by atoms with Crippen molar-refractivity contribution < 1.29 is 23.9 Å².